The fourth-order valence-electron chi connectivity index (χ4n) is 4.39. The van der Waals surface area contributed by atoms with Gasteiger partial charge in [-0.15, -0.1) is 5.10 Å². The van der Waals surface area contributed by atoms with Crippen molar-refractivity contribution in [2.24, 2.45) is 0 Å². The molecule has 2 aromatic carbocycles. The molecule has 3 aromatic rings. The second kappa shape index (κ2) is 10.9. The molecule has 196 valence electrons. The summed E-state index contributed by atoms with van der Waals surface area (Å²) in [5, 5.41) is 16.5. The lowest BCUT2D eigenvalue weighted by Crippen LogP contribution is -2.23. The van der Waals surface area contributed by atoms with Crippen molar-refractivity contribution >= 4 is 23.1 Å². The smallest absolute Gasteiger partial charge is 0.486 e. The zero-order valence-electron chi connectivity index (χ0n) is 20.3. The number of hydrogen-bond donors (Lipinski definition) is 1. The number of rotatable bonds is 3. The summed E-state index contributed by atoms with van der Waals surface area (Å²) >= 11 is 6.20. The molecule has 0 amide bonds. The first kappa shape index (κ1) is 26.7. The normalized spacial score (nSPS) is 17.5. The Hall–Kier alpha value is -3.37. The second-order valence-corrected chi connectivity index (χ2v) is 9.38. The van der Waals surface area contributed by atoms with Crippen LogP contribution in [0.4, 0.5) is 13.2 Å². The fourth-order valence-corrected chi connectivity index (χ4v) is 4.57. The lowest BCUT2D eigenvalue weighted by Gasteiger charge is -2.24. The molecule has 0 spiro atoms. The zero-order valence-corrected chi connectivity index (χ0v) is 21.1. The number of carbonyl (C=O) groups is 1. The molecule has 1 N–H and O–H groups in total. The van der Waals surface area contributed by atoms with Gasteiger partial charge in [0.05, 0.1) is 11.4 Å². The maximum atomic E-state index is 10.6. The third-order valence-corrected chi connectivity index (χ3v) is 6.50. The summed E-state index contributed by atoms with van der Waals surface area (Å²) in [6.45, 7) is 4.86. The van der Waals surface area contributed by atoms with Crippen LogP contribution in [0.5, 0.6) is 5.75 Å². The van der Waals surface area contributed by atoms with Crippen molar-refractivity contribution in [2.45, 2.75) is 38.6 Å². The maximum Gasteiger partial charge on any atom is 0.490 e. The summed E-state index contributed by atoms with van der Waals surface area (Å²) in [6, 6.07) is 14.4. The number of fused-ring (bicyclic) bond motifs is 3. The van der Waals surface area contributed by atoms with E-state index >= 15 is 0 Å². The molecule has 0 saturated heterocycles. The summed E-state index contributed by atoms with van der Waals surface area (Å²) in [4.78, 5) is 11.2. The molecule has 11 heteroatoms. The summed E-state index contributed by atoms with van der Waals surface area (Å²) in [5.41, 5.74) is 7.07. The Kier molecular flexibility index (Phi) is 7.89. The van der Waals surface area contributed by atoms with Gasteiger partial charge in [-0.25, -0.2) is 9.48 Å². The second-order valence-electron chi connectivity index (χ2n) is 8.95. The number of benzene rings is 2. The molecule has 7 nitrogen and oxygen atoms in total. The first-order valence-electron chi connectivity index (χ1n) is 11.7. The Morgan fingerprint density at radius 2 is 1.95 bits per heavy atom. The molecule has 1 atom stereocenters. The highest BCUT2D eigenvalue weighted by Gasteiger charge is 2.38. The highest BCUT2D eigenvalue weighted by molar-refractivity contribution is 6.30. The Labute approximate surface area is 217 Å². The van der Waals surface area contributed by atoms with E-state index in [0.717, 1.165) is 55.2 Å². The number of aryl methyl sites for hydroxylation is 2. The zero-order chi connectivity index (χ0) is 26.7. The molecule has 1 unspecified atom stereocenters. The van der Waals surface area contributed by atoms with Crippen LogP contribution in [-0.4, -0.2) is 57.3 Å². The van der Waals surface area contributed by atoms with Crippen LogP contribution in [0, 0.1) is 6.92 Å². The van der Waals surface area contributed by atoms with E-state index in [0.29, 0.717) is 5.02 Å². The molecule has 2 aliphatic rings. The van der Waals surface area contributed by atoms with Crippen molar-refractivity contribution in [1.29, 1.82) is 0 Å². The van der Waals surface area contributed by atoms with Crippen LogP contribution in [0.3, 0.4) is 0 Å². The van der Waals surface area contributed by atoms with Crippen molar-refractivity contribution in [1.82, 2.24) is 19.9 Å². The molecular formula is C26H26ClF3N4O3. The topological polar surface area (TPSA) is 80.5 Å². The Balaban J connectivity index is 0.000000405. The Morgan fingerprint density at radius 3 is 2.59 bits per heavy atom. The average molecular weight is 535 g/mol. The first-order chi connectivity index (χ1) is 17.5. The number of hydrogen-bond acceptors (Lipinski definition) is 5. The van der Waals surface area contributed by atoms with Crippen LogP contribution in [0.1, 0.15) is 35.8 Å². The number of aliphatic carboxylic acids is 1. The van der Waals surface area contributed by atoms with Gasteiger partial charge in [-0.1, -0.05) is 41.1 Å². The summed E-state index contributed by atoms with van der Waals surface area (Å²) in [6.07, 6.45) is -0.939. The number of ether oxygens (including phenoxy) is 1. The van der Waals surface area contributed by atoms with E-state index in [1.807, 2.05) is 35.9 Å². The predicted octanol–water partition coefficient (Wildman–Crippen LogP) is 5.78. The fraction of sp³-hybridized carbons (Fsp3) is 0.346. The number of nitrogens with zero attached hydrogens (tertiary/aromatic N) is 4. The first-order valence-corrected chi connectivity index (χ1v) is 12.1. The van der Waals surface area contributed by atoms with Crippen LogP contribution < -0.4 is 4.74 Å². The number of aromatic nitrogens is 3. The van der Waals surface area contributed by atoms with E-state index in [1.54, 1.807) is 0 Å². The number of carboxylic acids is 1. The largest absolute Gasteiger partial charge is 0.490 e. The molecule has 0 aliphatic carbocycles. The molecule has 0 bridgehead atoms. The van der Waals surface area contributed by atoms with Gasteiger partial charge in [-0.2, -0.15) is 13.2 Å². The minimum absolute atomic E-state index is 0.0774. The molecule has 3 heterocycles. The minimum Gasteiger partial charge on any atom is -0.486 e. The van der Waals surface area contributed by atoms with E-state index in [9.17, 15) is 13.2 Å². The van der Waals surface area contributed by atoms with Gasteiger partial charge >= 0.3 is 12.1 Å². The standard InChI is InChI=1S/C24H25ClN4O.C2HF3O2/c1-16-24-21-7-6-18(17-8-11-28(2)12-9-17)14-22(21)23(10-13-29(24)27-26-16)30-20-5-3-4-19(25)15-20;3-2(4,5)1(6)7/h3-8,14-15,23H,9-13H2,1-2H3;(H,6,7). The lowest BCUT2D eigenvalue weighted by molar-refractivity contribution is -0.192. The van der Waals surface area contributed by atoms with Gasteiger partial charge in [0.25, 0.3) is 0 Å². The van der Waals surface area contributed by atoms with Gasteiger partial charge in [-0.05, 0) is 55.8 Å². The molecule has 0 radical (unpaired) electrons. The highest BCUT2D eigenvalue weighted by atomic mass is 35.5. The third kappa shape index (κ3) is 6.31. The highest BCUT2D eigenvalue weighted by Crippen LogP contribution is 2.39. The summed E-state index contributed by atoms with van der Waals surface area (Å²) in [7, 11) is 2.16. The molecule has 2 aliphatic heterocycles. The van der Waals surface area contributed by atoms with Crippen LogP contribution in [-0.2, 0) is 11.3 Å². The van der Waals surface area contributed by atoms with Gasteiger partial charge < -0.3 is 14.7 Å². The summed E-state index contributed by atoms with van der Waals surface area (Å²) < 4.78 is 40.2. The van der Waals surface area contributed by atoms with E-state index in [-0.39, 0.29) is 6.10 Å². The quantitative estimate of drug-likeness (QED) is 0.458. The van der Waals surface area contributed by atoms with Crippen LogP contribution in [0.25, 0.3) is 16.8 Å². The molecule has 5 rings (SSSR count). The van der Waals surface area contributed by atoms with E-state index in [2.05, 4.69) is 46.5 Å². The van der Waals surface area contributed by atoms with Gasteiger partial charge in [-0.3, -0.25) is 0 Å². The van der Waals surface area contributed by atoms with Crippen molar-refractivity contribution in [2.75, 3.05) is 20.1 Å². The third-order valence-electron chi connectivity index (χ3n) is 6.26. The van der Waals surface area contributed by atoms with Crippen molar-refractivity contribution < 1.29 is 27.8 Å². The Morgan fingerprint density at radius 1 is 1.19 bits per heavy atom. The lowest BCUT2D eigenvalue weighted by atomic mass is 9.91. The van der Waals surface area contributed by atoms with E-state index < -0.39 is 12.1 Å². The minimum atomic E-state index is -5.08. The van der Waals surface area contributed by atoms with E-state index in [4.69, 9.17) is 26.2 Å². The molecular weight excluding hydrogens is 509 g/mol. The van der Waals surface area contributed by atoms with Gasteiger partial charge in [0, 0.05) is 42.2 Å². The number of likely N-dealkylation sites (N-methyl/N-ethyl adjacent to an activating group) is 1. The average Bonchev–Trinajstić information content (AvgIpc) is 3.14. The predicted molar refractivity (Wildman–Crippen MR) is 133 cm³/mol. The van der Waals surface area contributed by atoms with Crippen molar-refractivity contribution in [3.63, 3.8) is 0 Å². The van der Waals surface area contributed by atoms with Gasteiger partial charge in [0.15, 0.2) is 0 Å². The van der Waals surface area contributed by atoms with Gasteiger partial charge in [0.2, 0.25) is 0 Å². The number of alkyl halides is 3. The maximum absolute atomic E-state index is 10.6. The van der Waals surface area contributed by atoms with Crippen LogP contribution in [0.15, 0.2) is 48.5 Å². The molecule has 37 heavy (non-hydrogen) atoms. The van der Waals surface area contributed by atoms with Gasteiger partial charge in [0.1, 0.15) is 11.9 Å². The molecule has 0 saturated carbocycles. The number of halogens is 4. The van der Waals surface area contributed by atoms with Crippen molar-refractivity contribution in [3.8, 4) is 17.0 Å². The monoisotopic (exact) mass is 534 g/mol. The van der Waals surface area contributed by atoms with Crippen molar-refractivity contribution in [3.05, 3.63) is 70.4 Å². The Bertz CT molecular complexity index is 1320. The molecule has 1 aromatic heterocycles. The van der Waals surface area contributed by atoms with Crippen LogP contribution >= 0.6 is 11.6 Å². The number of carboxylic acid groups (broad SMARTS) is 1. The SMILES string of the molecule is Cc1nnn2c1-c1ccc(C3=CCN(C)CC3)cc1C(Oc1cccc(Cl)c1)CC2.O=C(O)C(F)(F)F. The van der Waals surface area contributed by atoms with E-state index in [1.165, 1.54) is 16.7 Å². The van der Waals surface area contributed by atoms with Crippen LogP contribution in [0.2, 0.25) is 5.02 Å². The molecule has 0 fully saturated rings. The summed E-state index contributed by atoms with van der Waals surface area (Å²) in [5.74, 6) is -1.97.